The number of hydrogen-bond donors (Lipinski definition) is 1. The highest BCUT2D eigenvalue weighted by atomic mass is 79.9. The van der Waals surface area contributed by atoms with Crippen molar-refractivity contribution in [1.29, 1.82) is 0 Å². The molecule has 0 fully saturated rings. The summed E-state index contributed by atoms with van der Waals surface area (Å²) in [5.74, 6) is -0.601. The zero-order valence-corrected chi connectivity index (χ0v) is 12.0. The minimum atomic E-state index is -0.491. The minimum absolute atomic E-state index is 0.0774. The molecule has 0 saturated carbocycles. The summed E-state index contributed by atoms with van der Waals surface area (Å²) in [7, 11) is 3.49. The quantitative estimate of drug-likeness (QED) is 0.867. The molecule has 4 nitrogen and oxygen atoms in total. The van der Waals surface area contributed by atoms with Gasteiger partial charge in [-0.1, -0.05) is 15.9 Å². The number of ether oxygens (including phenoxy) is 1. The van der Waals surface area contributed by atoms with Gasteiger partial charge in [-0.15, -0.1) is 0 Å². The fourth-order valence-corrected chi connectivity index (χ4v) is 1.58. The van der Waals surface area contributed by atoms with Gasteiger partial charge in [0.25, 0.3) is 5.91 Å². The van der Waals surface area contributed by atoms with Crippen LogP contribution in [0.15, 0.2) is 22.7 Å². The monoisotopic (exact) mass is 318 g/mol. The number of hydrogen-bond acceptors (Lipinski definition) is 3. The average molecular weight is 319 g/mol. The number of halogens is 2. The number of nitrogens with one attached hydrogen (secondary N) is 1. The molecular formula is C12H16BrFN2O2. The molecule has 100 valence electrons. The van der Waals surface area contributed by atoms with E-state index in [1.54, 1.807) is 13.1 Å². The van der Waals surface area contributed by atoms with Gasteiger partial charge in [-0.05, 0) is 25.2 Å². The molecular weight excluding hydrogens is 303 g/mol. The first-order valence-corrected chi connectivity index (χ1v) is 6.30. The van der Waals surface area contributed by atoms with Crippen molar-refractivity contribution in [1.82, 2.24) is 10.2 Å². The van der Waals surface area contributed by atoms with E-state index in [0.717, 1.165) is 0 Å². The third-order valence-electron chi connectivity index (χ3n) is 2.37. The van der Waals surface area contributed by atoms with Gasteiger partial charge < -0.3 is 15.0 Å². The van der Waals surface area contributed by atoms with Gasteiger partial charge in [-0.2, -0.15) is 0 Å². The highest BCUT2D eigenvalue weighted by Crippen LogP contribution is 2.21. The maximum Gasteiger partial charge on any atom is 0.260 e. The molecule has 0 radical (unpaired) electrons. The Kier molecular flexibility index (Phi) is 6.07. The summed E-state index contributed by atoms with van der Waals surface area (Å²) in [5, 5.41) is 2.94. The van der Waals surface area contributed by atoms with Gasteiger partial charge >= 0.3 is 0 Å². The van der Waals surface area contributed by atoms with Crippen molar-refractivity contribution in [2.45, 2.75) is 0 Å². The van der Waals surface area contributed by atoms with Crippen molar-refractivity contribution in [2.75, 3.05) is 33.8 Å². The van der Waals surface area contributed by atoms with Crippen LogP contribution in [0.5, 0.6) is 5.75 Å². The van der Waals surface area contributed by atoms with Crippen molar-refractivity contribution in [3.05, 3.63) is 28.5 Å². The van der Waals surface area contributed by atoms with Gasteiger partial charge in [0.2, 0.25) is 0 Å². The maximum atomic E-state index is 13.4. The number of rotatable bonds is 6. The molecule has 0 aromatic heterocycles. The molecule has 0 saturated heterocycles. The molecule has 0 atom stereocenters. The van der Waals surface area contributed by atoms with Gasteiger partial charge in [0, 0.05) is 24.6 Å². The van der Waals surface area contributed by atoms with E-state index in [1.807, 2.05) is 7.05 Å². The predicted molar refractivity (Wildman–Crippen MR) is 71.2 cm³/mol. The van der Waals surface area contributed by atoms with E-state index in [9.17, 15) is 9.18 Å². The summed E-state index contributed by atoms with van der Waals surface area (Å²) < 4.78 is 19.2. The van der Waals surface area contributed by atoms with Crippen LogP contribution in [0.4, 0.5) is 4.39 Å². The second-order valence-electron chi connectivity index (χ2n) is 3.78. The highest BCUT2D eigenvalue weighted by Gasteiger charge is 2.11. The van der Waals surface area contributed by atoms with Crippen molar-refractivity contribution >= 4 is 21.8 Å². The number of benzene rings is 1. The SMILES string of the molecule is CNCCN(C)C(=O)COc1ccc(Br)cc1F. The smallest absolute Gasteiger partial charge is 0.260 e. The molecule has 1 N–H and O–H groups in total. The van der Waals surface area contributed by atoms with Crippen LogP contribution in [0.25, 0.3) is 0 Å². The van der Waals surface area contributed by atoms with Gasteiger partial charge in [0.15, 0.2) is 18.2 Å². The standard InChI is InChI=1S/C12H16BrFN2O2/c1-15-5-6-16(2)12(17)8-18-11-4-3-9(13)7-10(11)14/h3-4,7,15H,5-6,8H2,1-2H3. The molecule has 1 amide bonds. The molecule has 0 aliphatic rings. The Labute approximate surface area is 114 Å². The van der Waals surface area contributed by atoms with E-state index in [4.69, 9.17) is 4.74 Å². The minimum Gasteiger partial charge on any atom is -0.481 e. The van der Waals surface area contributed by atoms with Gasteiger partial charge in [0.1, 0.15) is 0 Å². The molecule has 0 aliphatic carbocycles. The van der Waals surface area contributed by atoms with Gasteiger partial charge in [-0.3, -0.25) is 4.79 Å². The maximum absolute atomic E-state index is 13.4. The average Bonchev–Trinajstić information content (AvgIpc) is 2.34. The summed E-state index contributed by atoms with van der Waals surface area (Å²) in [6.07, 6.45) is 0. The van der Waals surface area contributed by atoms with E-state index < -0.39 is 5.82 Å². The fourth-order valence-electron chi connectivity index (χ4n) is 1.25. The molecule has 0 aliphatic heterocycles. The molecule has 1 rings (SSSR count). The molecule has 0 unspecified atom stereocenters. The molecule has 1 aromatic rings. The summed E-state index contributed by atoms with van der Waals surface area (Å²) in [6, 6.07) is 4.44. The van der Waals surface area contributed by atoms with E-state index >= 15 is 0 Å². The lowest BCUT2D eigenvalue weighted by atomic mass is 10.3. The Morgan fingerprint density at radius 2 is 2.28 bits per heavy atom. The zero-order chi connectivity index (χ0) is 13.5. The lowest BCUT2D eigenvalue weighted by molar-refractivity contribution is -0.132. The van der Waals surface area contributed by atoms with E-state index in [1.165, 1.54) is 17.0 Å². The second-order valence-corrected chi connectivity index (χ2v) is 4.70. The molecule has 18 heavy (non-hydrogen) atoms. The number of likely N-dealkylation sites (N-methyl/N-ethyl adjacent to an activating group) is 2. The summed E-state index contributed by atoms with van der Waals surface area (Å²) in [4.78, 5) is 13.2. The van der Waals surface area contributed by atoms with E-state index in [0.29, 0.717) is 17.6 Å². The van der Waals surface area contributed by atoms with Crippen LogP contribution in [-0.2, 0) is 4.79 Å². The Morgan fingerprint density at radius 3 is 2.89 bits per heavy atom. The van der Waals surface area contributed by atoms with Crippen LogP contribution < -0.4 is 10.1 Å². The zero-order valence-electron chi connectivity index (χ0n) is 10.4. The topological polar surface area (TPSA) is 41.6 Å². The summed E-state index contributed by atoms with van der Waals surface area (Å²) >= 11 is 3.15. The highest BCUT2D eigenvalue weighted by molar-refractivity contribution is 9.10. The number of carbonyl (C=O) groups is 1. The number of carbonyl (C=O) groups excluding carboxylic acids is 1. The molecule has 1 aromatic carbocycles. The van der Waals surface area contributed by atoms with E-state index in [-0.39, 0.29) is 18.3 Å². The van der Waals surface area contributed by atoms with Crippen molar-refractivity contribution in [2.24, 2.45) is 0 Å². The van der Waals surface area contributed by atoms with Gasteiger partial charge in [-0.25, -0.2) is 4.39 Å². The molecule has 0 heterocycles. The number of nitrogens with zero attached hydrogens (tertiary/aromatic N) is 1. The molecule has 0 spiro atoms. The molecule has 0 bridgehead atoms. The lowest BCUT2D eigenvalue weighted by Crippen LogP contribution is -2.35. The van der Waals surface area contributed by atoms with Crippen molar-refractivity contribution < 1.29 is 13.9 Å². The third-order valence-corrected chi connectivity index (χ3v) is 2.86. The Bertz CT molecular complexity index is 415. The van der Waals surface area contributed by atoms with Crippen LogP contribution in [0.2, 0.25) is 0 Å². The normalized spacial score (nSPS) is 10.2. The van der Waals surface area contributed by atoms with Crippen LogP contribution in [-0.4, -0.2) is 44.6 Å². The van der Waals surface area contributed by atoms with Crippen LogP contribution in [0.3, 0.4) is 0 Å². The first-order valence-electron chi connectivity index (χ1n) is 5.51. The second kappa shape index (κ2) is 7.33. The first kappa shape index (κ1) is 14.9. The van der Waals surface area contributed by atoms with Gasteiger partial charge in [0.05, 0.1) is 0 Å². The van der Waals surface area contributed by atoms with Crippen molar-refractivity contribution in [3.63, 3.8) is 0 Å². The number of amides is 1. The fraction of sp³-hybridized carbons (Fsp3) is 0.417. The van der Waals surface area contributed by atoms with Crippen LogP contribution >= 0.6 is 15.9 Å². The Morgan fingerprint density at radius 1 is 1.56 bits per heavy atom. The van der Waals surface area contributed by atoms with E-state index in [2.05, 4.69) is 21.2 Å². The third kappa shape index (κ3) is 4.62. The van der Waals surface area contributed by atoms with Crippen molar-refractivity contribution in [3.8, 4) is 5.75 Å². The van der Waals surface area contributed by atoms with Crippen LogP contribution in [0.1, 0.15) is 0 Å². The Balaban J connectivity index is 2.47. The summed E-state index contributed by atoms with van der Waals surface area (Å²) in [5.41, 5.74) is 0. The molecule has 6 heteroatoms. The predicted octanol–water partition coefficient (Wildman–Crippen LogP) is 1.64. The lowest BCUT2D eigenvalue weighted by Gasteiger charge is -2.17. The Hall–Kier alpha value is -1.14. The first-order chi connectivity index (χ1) is 8.54. The largest absolute Gasteiger partial charge is 0.481 e. The summed E-state index contributed by atoms with van der Waals surface area (Å²) in [6.45, 7) is 1.12. The van der Waals surface area contributed by atoms with Crippen LogP contribution in [0, 0.1) is 5.82 Å².